The molecular formula is C17H11NS. The molecule has 0 radical (unpaired) electrons. The van der Waals surface area contributed by atoms with E-state index < -0.39 is 0 Å². The zero-order chi connectivity index (χ0) is 12.7. The molecule has 1 nitrogen and oxygen atoms in total. The Kier molecular flexibility index (Phi) is 2.35. The van der Waals surface area contributed by atoms with E-state index in [1.807, 2.05) is 5.51 Å². The fourth-order valence-electron chi connectivity index (χ4n) is 2.55. The van der Waals surface area contributed by atoms with E-state index >= 15 is 0 Å². The highest BCUT2D eigenvalue weighted by Crippen LogP contribution is 2.35. The molecule has 0 aliphatic carbocycles. The Morgan fingerprint density at radius 2 is 1.53 bits per heavy atom. The molecule has 4 rings (SSSR count). The summed E-state index contributed by atoms with van der Waals surface area (Å²) >= 11 is 1.70. The molecule has 0 spiro atoms. The molecule has 4 aromatic rings. The van der Waals surface area contributed by atoms with Crippen molar-refractivity contribution >= 4 is 32.3 Å². The SMILES string of the molecule is c1ccc(-c2cc3scnc3c3ccccc23)cc1. The number of aromatic nitrogens is 1. The van der Waals surface area contributed by atoms with E-state index in [0.29, 0.717) is 0 Å². The monoisotopic (exact) mass is 261 g/mol. The minimum Gasteiger partial charge on any atom is -0.244 e. The van der Waals surface area contributed by atoms with Crippen LogP contribution in [0, 0.1) is 0 Å². The number of hydrogen-bond donors (Lipinski definition) is 0. The highest BCUT2D eigenvalue weighted by atomic mass is 32.1. The molecule has 0 aliphatic heterocycles. The van der Waals surface area contributed by atoms with E-state index in [1.54, 1.807) is 11.3 Å². The van der Waals surface area contributed by atoms with Gasteiger partial charge in [-0.25, -0.2) is 4.98 Å². The summed E-state index contributed by atoms with van der Waals surface area (Å²) in [6, 6.07) is 21.3. The van der Waals surface area contributed by atoms with Gasteiger partial charge in [-0.15, -0.1) is 11.3 Å². The molecule has 2 heteroatoms. The summed E-state index contributed by atoms with van der Waals surface area (Å²) in [4.78, 5) is 4.50. The summed E-state index contributed by atoms with van der Waals surface area (Å²) in [5, 5.41) is 2.51. The van der Waals surface area contributed by atoms with Crippen molar-refractivity contribution in [1.82, 2.24) is 4.98 Å². The summed E-state index contributed by atoms with van der Waals surface area (Å²) in [6.07, 6.45) is 0. The maximum atomic E-state index is 4.50. The van der Waals surface area contributed by atoms with Crippen LogP contribution in [0.2, 0.25) is 0 Å². The van der Waals surface area contributed by atoms with Crippen molar-refractivity contribution in [1.29, 1.82) is 0 Å². The maximum absolute atomic E-state index is 4.50. The minimum absolute atomic E-state index is 1.11. The summed E-state index contributed by atoms with van der Waals surface area (Å²) in [5.74, 6) is 0. The van der Waals surface area contributed by atoms with Gasteiger partial charge in [0, 0.05) is 5.39 Å². The average Bonchev–Trinajstić information content (AvgIpc) is 2.96. The van der Waals surface area contributed by atoms with Crippen molar-refractivity contribution in [3.63, 3.8) is 0 Å². The molecule has 90 valence electrons. The van der Waals surface area contributed by atoms with Gasteiger partial charge in [-0.3, -0.25) is 0 Å². The summed E-state index contributed by atoms with van der Waals surface area (Å²) in [6.45, 7) is 0. The van der Waals surface area contributed by atoms with E-state index in [9.17, 15) is 0 Å². The lowest BCUT2D eigenvalue weighted by molar-refractivity contribution is 1.52. The maximum Gasteiger partial charge on any atom is 0.0890 e. The lowest BCUT2D eigenvalue weighted by Gasteiger charge is -2.07. The largest absolute Gasteiger partial charge is 0.244 e. The molecule has 1 aromatic heterocycles. The normalized spacial score (nSPS) is 11.2. The second-order valence-electron chi connectivity index (χ2n) is 4.53. The number of hydrogen-bond acceptors (Lipinski definition) is 2. The second kappa shape index (κ2) is 4.18. The molecular weight excluding hydrogens is 250 g/mol. The first kappa shape index (κ1) is 10.7. The van der Waals surface area contributed by atoms with Gasteiger partial charge in [0.1, 0.15) is 0 Å². The molecule has 0 amide bonds. The second-order valence-corrected chi connectivity index (χ2v) is 5.42. The zero-order valence-corrected chi connectivity index (χ0v) is 11.0. The topological polar surface area (TPSA) is 12.9 Å². The average molecular weight is 261 g/mol. The molecule has 0 aliphatic rings. The van der Waals surface area contributed by atoms with Crippen LogP contribution in [0.3, 0.4) is 0 Å². The van der Waals surface area contributed by atoms with Crippen LogP contribution in [-0.4, -0.2) is 4.98 Å². The molecule has 1 heterocycles. The summed E-state index contributed by atoms with van der Waals surface area (Å²) < 4.78 is 1.25. The predicted octanol–water partition coefficient (Wildman–Crippen LogP) is 5.12. The zero-order valence-electron chi connectivity index (χ0n) is 10.2. The molecule has 0 N–H and O–H groups in total. The van der Waals surface area contributed by atoms with Crippen molar-refractivity contribution in [2.45, 2.75) is 0 Å². The molecule has 0 fully saturated rings. The molecule has 0 bridgehead atoms. The molecule has 0 atom stereocenters. The third-order valence-electron chi connectivity index (χ3n) is 3.43. The number of thiazole rings is 1. The van der Waals surface area contributed by atoms with Crippen molar-refractivity contribution in [2.75, 3.05) is 0 Å². The Bertz CT molecular complexity index is 862. The van der Waals surface area contributed by atoms with Crippen molar-refractivity contribution in [3.05, 3.63) is 66.2 Å². The number of fused-ring (bicyclic) bond motifs is 3. The highest BCUT2D eigenvalue weighted by molar-refractivity contribution is 7.16. The van der Waals surface area contributed by atoms with Crippen LogP contribution in [0.4, 0.5) is 0 Å². The van der Waals surface area contributed by atoms with Gasteiger partial charge in [0.15, 0.2) is 0 Å². The Hall–Kier alpha value is -2.19. The van der Waals surface area contributed by atoms with Crippen LogP contribution in [0.1, 0.15) is 0 Å². The standard InChI is InChI=1S/C17H11NS/c1-2-6-12(7-3-1)15-10-16-17(18-11-19-16)14-9-5-4-8-13(14)15/h1-11H. The van der Waals surface area contributed by atoms with E-state index in [-0.39, 0.29) is 0 Å². The Morgan fingerprint density at radius 3 is 2.37 bits per heavy atom. The third-order valence-corrected chi connectivity index (χ3v) is 4.20. The van der Waals surface area contributed by atoms with Crippen molar-refractivity contribution in [2.24, 2.45) is 0 Å². The van der Waals surface area contributed by atoms with Crippen LogP contribution < -0.4 is 0 Å². The van der Waals surface area contributed by atoms with E-state index in [2.05, 4.69) is 65.6 Å². The van der Waals surface area contributed by atoms with Crippen LogP contribution in [0.15, 0.2) is 66.2 Å². The van der Waals surface area contributed by atoms with E-state index in [4.69, 9.17) is 0 Å². The fourth-order valence-corrected chi connectivity index (χ4v) is 3.28. The summed E-state index contributed by atoms with van der Waals surface area (Å²) in [7, 11) is 0. The van der Waals surface area contributed by atoms with Gasteiger partial charge in [-0.1, -0.05) is 54.6 Å². The lowest BCUT2D eigenvalue weighted by Crippen LogP contribution is -1.82. The van der Waals surface area contributed by atoms with Gasteiger partial charge in [-0.2, -0.15) is 0 Å². The third kappa shape index (κ3) is 1.65. The molecule has 0 saturated heterocycles. The highest BCUT2D eigenvalue weighted by Gasteiger charge is 2.09. The van der Waals surface area contributed by atoms with E-state index in [1.165, 1.54) is 26.6 Å². The van der Waals surface area contributed by atoms with Crippen LogP contribution in [0.25, 0.3) is 32.1 Å². The summed E-state index contributed by atoms with van der Waals surface area (Å²) in [5.41, 5.74) is 5.58. The molecule has 0 unspecified atom stereocenters. The first-order chi connectivity index (χ1) is 9.43. The smallest absolute Gasteiger partial charge is 0.0890 e. The molecule has 3 aromatic carbocycles. The van der Waals surface area contributed by atoms with Gasteiger partial charge in [0.05, 0.1) is 15.7 Å². The first-order valence-electron chi connectivity index (χ1n) is 6.24. The van der Waals surface area contributed by atoms with Crippen LogP contribution >= 0.6 is 11.3 Å². The van der Waals surface area contributed by atoms with Gasteiger partial charge in [0.2, 0.25) is 0 Å². The Balaban J connectivity index is 2.19. The predicted molar refractivity (Wildman–Crippen MR) is 82.6 cm³/mol. The van der Waals surface area contributed by atoms with Gasteiger partial charge in [0.25, 0.3) is 0 Å². The first-order valence-corrected chi connectivity index (χ1v) is 7.12. The molecule has 19 heavy (non-hydrogen) atoms. The minimum atomic E-state index is 1.11. The number of rotatable bonds is 1. The van der Waals surface area contributed by atoms with Gasteiger partial charge in [-0.05, 0) is 22.6 Å². The van der Waals surface area contributed by atoms with Crippen molar-refractivity contribution in [3.8, 4) is 11.1 Å². The lowest BCUT2D eigenvalue weighted by atomic mass is 9.98. The number of benzene rings is 3. The Labute approximate surface area is 115 Å². The van der Waals surface area contributed by atoms with E-state index in [0.717, 1.165) is 5.52 Å². The quantitative estimate of drug-likeness (QED) is 0.463. The van der Waals surface area contributed by atoms with Crippen LogP contribution in [0.5, 0.6) is 0 Å². The Morgan fingerprint density at radius 1 is 0.789 bits per heavy atom. The number of nitrogens with zero attached hydrogens (tertiary/aromatic N) is 1. The molecule has 0 saturated carbocycles. The van der Waals surface area contributed by atoms with Crippen molar-refractivity contribution < 1.29 is 0 Å². The fraction of sp³-hybridized carbons (Fsp3) is 0. The van der Waals surface area contributed by atoms with Gasteiger partial charge >= 0.3 is 0 Å². The van der Waals surface area contributed by atoms with Gasteiger partial charge < -0.3 is 0 Å². The van der Waals surface area contributed by atoms with Crippen LogP contribution in [-0.2, 0) is 0 Å².